The van der Waals surface area contributed by atoms with E-state index in [4.69, 9.17) is 5.73 Å². The highest BCUT2D eigenvalue weighted by molar-refractivity contribution is 5.73. The quantitative estimate of drug-likeness (QED) is 0.640. The smallest absolute Gasteiger partial charge is 0.314 e. The molecule has 1 aromatic rings. The number of urea groups is 1. The SMILES string of the molecule is CCC(N)CNC(=O)NCC1Cc2ccccc2CN1. The van der Waals surface area contributed by atoms with Crippen LogP contribution in [0.4, 0.5) is 4.79 Å². The molecule has 0 fully saturated rings. The minimum absolute atomic E-state index is 0.0282. The number of rotatable bonds is 5. The van der Waals surface area contributed by atoms with Crippen LogP contribution in [0, 0.1) is 0 Å². The Kier molecular flexibility index (Phi) is 5.38. The molecule has 0 aliphatic carbocycles. The number of benzene rings is 1. The minimum Gasteiger partial charge on any atom is -0.337 e. The van der Waals surface area contributed by atoms with Crippen molar-refractivity contribution in [2.45, 2.75) is 38.4 Å². The first-order valence-electron chi connectivity index (χ1n) is 7.26. The molecular weight excluding hydrogens is 252 g/mol. The molecule has 5 N–H and O–H groups in total. The van der Waals surface area contributed by atoms with Crippen molar-refractivity contribution in [3.8, 4) is 0 Å². The molecule has 110 valence electrons. The topological polar surface area (TPSA) is 79.2 Å². The van der Waals surface area contributed by atoms with Gasteiger partial charge in [0.15, 0.2) is 0 Å². The molecule has 1 heterocycles. The summed E-state index contributed by atoms with van der Waals surface area (Å²) in [7, 11) is 0. The van der Waals surface area contributed by atoms with Gasteiger partial charge in [0.1, 0.15) is 0 Å². The van der Waals surface area contributed by atoms with E-state index in [1.807, 2.05) is 6.92 Å². The van der Waals surface area contributed by atoms with Crippen LogP contribution in [0.15, 0.2) is 24.3 Å². The van der Waals surface area contributed by atoms with Crippen molar-refractivity contribution in [2.75, 3.05) is 13.1 Å². The van der Waals surface area contributed by atoms with E-state index in [9.17, 15) is 4.79 Å². The summed E-state index contributed by atoms with van der Waals surface area (Å²) < 4.78 is 0. The number of carbonyl (C=O) groups is 1. The number of fused-ring (bicyclic) bond motifs is 1. The van der Waals surface area contributed by atoms with Crippen LogP contribution in [-0.4, -0.2) is 31.2 Å². The summed E-state index contributed by atoms with van der Waals surface area (Å²) in [5.41, 5.74) is 8.47. The molecule has 2 atom stereocenters. The van der Waals surface area contributed by atoms with E-state index in [2.05, 4.69) is 40.2 Å². The summed E-state index contributed by atoms with van der Waals surface area (Å²) >= 11 is 0. The van der Waals surface area contributed by atoms with Crippen LogP contribution in [0.25, 0.3) is 0 Å². The lowest BCUT2D eigenvalue weighted by atomic mass is 9.96. The molecule has 0 spiro atoms. The fraction of sp³-hybridized carbons (Fsp3) is 0.533. The molecule has 20 heavy (non-hydrogen) atoms. The molecule has 2 unspecified atom stereocenters. The van der Waals surface area contributed by atoms with Gasteiger partial charge in [0, 0.05) is 31.7 Å². The van der Waals surface area contributed by atoms with Gasteiger partial charge in [0.05, 0.1) is 0 Å². The molecule has 0 bridgehead atoms. The van der Waals surface area contributed by atoms with Gasteiger partial charge in [-0.25, -0.2) is 4.79 Å². The standard InChI is InChI=1S/C15H24N4O/c1-2-13(16)9-18-15(20)19-10-14-7-11-5-3-4-6-12(11)8-17-14/h3-6,13-14,17H,2,7-10,16H2,1H3,(H2,18,19,20). The van der Waals surface area contributed by atoms with Gasteiger partial charge >= 0.3 is 6.03 Å². The van der Waals surface area contributed by atoms with Crippen LogP contribution >= 0.6 is 0 Å². The van der Waals surface area contributed by atoms with Gasteiger partial charge in [-0.2, -0.15) is 0 Å². The Balaban J connectivity index is 1.72. The fourth-order valence-corrected chi connectivity index (χ4v) is 2.31. The Morgan fingerprint density at radius 2 is 2.15 bits per heavy atom. The maximum Gasteiger partial charge on any atom is 0.314 e. The summed E-state index contributed by atoms with van der Waals surface area (Å²) in [5, 5.41) is 9.12. The van der Waals surface area contributed by atoms with Crippen molar-refractivity contribution in [3.63, 3.8) is 0 Å². The van der Waals surface area contributed by atoms with E-state index >= 15 is 0 Å². The van der Waals surface area contributed by atoms with Gasteiger partial charge in [-0.15, -0.1) is 0 Å². The predicted molar refractivity (Wildman–Crippen MR) is 80.4 cm³/mol. The van der Waals surface area contributed by atoms with E-state index in [-0.39, 0.29) is 18.1 Å². The Bertz CT molecular complexity index is 449. The molecule has 1 aliphatic rings. The lowest BCUT2D eigenvalue weighted by molar-refractivity contribution is 0.238. The zero-order chi connectivity index (χ0) is 14.4. The number of nitrogens with one attached hydrogen (secondary N) is 3. The van der Waals surface area contributed by atoms with Crippen molar-refractivity contribution in [3.05, 3.63) is 35.4 Å². The summed E-state index contributed by atoms with van der Waals surface area (Å²) in [6.07, 6.45) is 1.81. The molecule has 0 radical (unpaired) electrons. The summed E-state index contributed by atoms with van der Waals surface area (Å²) in [5.74, 6) is 0. The number of nitrogens with two attached hydrogens (primary N) is 1. The van der Waals surface area contributed by atoms with Crippen molar-refractivity contribution >= 4 is 6.03 Å². The Labute approximate surface area is 120 Å². The van der Waals surface area contributed by atoms with E-state index in [0.717, 1.165) is 19.4 Å². The van der Waals surface area contributed by atoms with Gasteiger partial charge in [-0.3, -0.25) is 0 Å². The lowest BCUT2D eigenvalue weighted by Crippen LogP contribution is -2.48. The summed E-state index contributed by atoms with van der Waals surface area (Å²) in [6.45, 7) is 4.02. The zero-order valence-corrected chi connectivity index (χ0v) is 12.0. The molecule has 1 aliphatic heterocycles. The number of amides is 2. The van der Waals surface area contributed by atoms with Crippen LogP contribution in [0.3, 0.4) is 0 Å². The Morgan fingerprint density at radius 1 is 1.40 bits per heavy atom. The highest BCUT2D eigenvalue weighted by atomic mass is 16.2. The van der Waals surface area contributed by atoms with Crippen molar-refractivity contribution in [1.29, 1.82) is 0 Å². The van der Waals surface area contributed by atoms with Gasteiger partial charge in [-0.1, -0.05) is 31.2 Å². The molecule has 5 nitrogen and oxygen atoms in total. The molecular formula is C15H24N4O. The molecule has 2 rings (SSSR count). The van der Waals surface area contributed by atoms with Crippen LogP contribution in [-0.2, 0) is 13.0 Å². The van der Waals surface area contributed by atoms with Crippen molar-refractivity contribution in [1.82, 2.24) is 16.0 Å². The number of hydrogen-bond acceptors (Lipinski definition) is 3. The molecule has 1 aromatic carbocycles. The molecule has 0 saturated carbocycles. The summed E-state index contributed by atoms with van der Waals surface area (Å²) in [6, 6.07) is 8.59. The van der Waals surface area contributed by atoms with Crippen LogP contribution < -0.4 is 21.7 Å². The molecule has 0 aromatic heterocycles. The largest absolute Gasteiger partial charge is 0.337 e. The Hall–Kier alpha value is -1.59. The predicted octanol–water partition coefficient (Wildman–Crippen LogP) is 0.737. The average molecular weight is 276 g/mol. The van der Waals surface area contributed by atoms with Gasteiger partial charge < -0.3 is 21.7 Å². The van der Waals surface area contributed by atoms with Crippen molar-refractivity contribution < 1.29 is 4.79 Å². The van der Waals surface area contributed by atoms with E-state index in [0.29, 0.717) is 13.1 Å². The number of carbonyl (C=O) groups excluding carboxylic acids is 1. The van der Waals surface area contributed by atoms with Crippen LogP contribution in [0.5, 0.6) is 0 Å². The zero-order valence-electron chi connectivity index (χ0n) is 12.0. The maximum atomic E-state index is 11.6. The third kappa shape index (κ3) is 4.21. The first kappa shape index (κ1) is 14.8. The molecule has 0 saturated heterocycles. The first-order valence-corrected chi connectivity index (χ1v) is 7.26. The lowest BCUT2D eigenvalue weighted by Gasteiger charge is -2.26. The minimum atomic E-state index is -0.144. The first-order chi connectivity index (χ1) is 9.69. The third-order valence-electron chi connectivity index (χ3n) is 3.72. The van der Waals surface area contributed by atoms with Crippen LogP contribution in [0.1, 0.15) is 24.5 Å². The second-order valence-corrected chi connectivity index (χ2v) is 5.31. The average Bonchev–Trinajstić information content (AvgIpc) is 2.50. The second-order valence-electron chi connectivity index (χ2n) is 5.31. The number of hydrogen-bond donors (Lipinski definition) is 4. The van der Waals surface area contributed by atoms with E-state index < -0.39 is 0 Å². The second kappa shape index (κ2) is 7.26. The van der Waals surface area contributed by atoms with Crippen molar-refractivity contribution in [2.24, 2.45) is 5.73 Å². The normalized spacial score (nSPS) is 19.0. The Morgan fingerprint density at radius 3 is 2.90 bits per heavy atom. The van der Waals surface area contributed by atoms with Gasteiger partial charge in [0.2, 0.25) is 0 Å². The van der Waals surface area contributed by atoms with E-state index in [1.165, 1.54) is 11.1 Å². The van der Waals surface area contributed by atoms with Crippen LogP contribution in [0.2, 0.25) is 0 Å². The molecule has 2 amide bonds. The fourth-order valence-electron chi connectivity index (χ4n) is 2.31. The maximum absolute atomic E-state index is 11.6. The summed E-state index contributed by atoms with van der Waals surface area (Å²) in [4.78, 5) is 11.6. The van der Waals surface area contributed by atoms with Gasteiger partial charge in [0.25, 0.3) is 0 Å². The highest BCUT2D eigenvalue weighted by Crippen LogP contribution is 2.15. The van der Waals surface area contributed by atoms with Gasteiger partial charge in [-0.05, 0) is 24.0 Å². The highest BCUT2D eigenvalue weighted by Gasteiger charge is 2.17. The molecule has 5 heteroatoms. The third-order valence-corrected chi connectivity index (χ3v) is 3.72. The van der Waals surface area contributed by atoms with E-state index in [1.54, 1.807) is 0 Å². The monoisotopic (exact) mass is 276 g/mol.